The Balaban J connectivity index is 1.85. The van der Waals surface area contributed by atoms with E-state index in [0.29, 0.717) is 13.2 Å². The van der Waals surface area contributed by atoms with Crippen LogP contribution in [0.25, 0.3) is 0 Å². The molecule has 0 amide bonds. The molecule has 0 unspecified atom stereocenters. The van der Waals surface area contributed by atoms with Gasteiger partial charge in [0.25, 0.3) is 0 Å². The lowest BCUT2D eigenvalue weighted by atomic mass is 10.2. The van der Waals surface area contributed by atoms with Crippen LogP contribution in [-0.4, -0.2) is 7.05 Å². The third-order valence-corrected chi connectivity index (χ3v) is 3.09. The molecule has 3 nitrogen and oxygen atoms in total. The molecule has 1 aromatic carbocycles. The maximum absolute atomic E-state index is 5.83. The normalized spacial score (nSPS) is 10.9. The first-order valence-electron chi connectivity index (χ1n) is 6.24. The maximum Gasteiger partial charge on any atom is 0.130 e. The minimum Gasteiger partial charge on any atom is -0.462 e. The fourth-order valence-corrected chi connectivity index (χ4v) is 1.97. The first-order valence-corrected chi connectivity index (χ1v) is 6.62. The van der Waals surface area contributed by atoms with Crippen molar-refractivity contribution in [1.82, 2.24) is 5.32 Å². The van der Waals surface area contributed by atoms with E-state index in [9.17, 15) is 0 Å². The number of nitrogens with one attached hydrogen (secondary N) is 1. The Morgan fingerprint density at radius 1 is 1.21 bits per heavy atom. The summed E-state index contributed by atoms with van der Waals surface area (Å²) in [5, 5.41) is 3.82. The van der Waals surface area contributed by atoms with Crippen LogP contribution >= 0.6 is 11.6 Å². The van der Waals surface area contributed by atoms with Crippen LogP contribution in [0.3, 0.4) is 0 Å². The van der Waals surface area contributed by atoms with E-state index in [2.05, 4.69) is 5.32 Å². The van der Waals surface area contributed by atoms with Crippen LogP contribution < -0.4 is 5.32 Å². The standard InChI is InChI=1S/C15H18ClNO2/c1-11-7-14(19-15(11)8-17-2)10-18-9-12-3-5-13(16)6-4-12/h3-7,17H,8-10H2,1-2H3. The molecule has 19 heavy (non-hydrogen) atoms. The summed E-state index contributed by atoms with van der Waals surface area (Å²) in [5.74, 6) is 1.82. The van der Waals surface area contributed by atoms with Gasteiger partial charge in [0.2, 0.25) is 0 Å². The van der Waals surface area contributed by atoms with Gasteiger partial charge in [-0.05, 0) is 43.3 Å². The predicted molar refractivity (Wildman–Crippen MR) is 76.2 cm³/mol. The van der Waals surface area contributed by atoms with Crippen molar-refractivity contribution in [3.05, 3.63) is 58.0 Å². The van der Waals surface area contributed by atoms with E-state index in [4.69, 9.17) is 20.8 Å². The predicted octanol–water partition coefficient (Wildman–Crippen LogP) is 3.68. The Labute approximate surface area is 118 Å². The van der Waals surface area contributed by atoms with Crippen LogP contribution in [0, 0.1) is 6.92 Å². The van der Waals surface area contributed by atoms with E-state index in [-0.39, 0.29) is 0 Å². The number of aryl methyl sites for hydroxylation is 1. The molecule has 0 radical (unpaired) electrons. The van der Waals surface area contributed by atoms with Crippen molar-refractivity contribution in [1.29, 1.82) is 0 Å². The highest BCUT2D eigenvalue weighted by atomic mass is 35.5. The Kier molecular flexibility index (Phi) is 5.02. The quantitative estimate of drug-likeness (QED) is 0.876. The highest BCUT2D eigenvalue weighted by Gasteiger charge is 2.06. The van der Waals surface area contributed by atoms with E-state index in [1.807, 2.05) is 44.3 Å². The molecule has 0 fully saturated rings. The molecular formula is C15H18ClNO2. The topological polar surface area (TPSA) is 34.4 Å². The van der Waals surface area contributed by atoms with Crippen molar-refractivity contribution in [3.8, 4) is 0 Å². The van der Waals surface area contributed by atoms with Crippen molar-refractivity contribution in [2.24, 2.45) is 0 Å². The first-order chi connectivity index (χ1) is 9.19. The molecule has 2 rings (SSSR count). The number of hydrogen-bond donors (Lipinski definition) is 1. The van der Waals surface area contributed by atoms with E-state index in [0.717, 1.165) is 34.2 Å². The van der Waals surface area contributed by atoms with Gasteiger partial charge < -0.3 is 14.5 Å². The lowest BCUT2D eigenvalue weighted by Crippen LogP contribution is -2.04. The van der Waals surface area contributed by atoms with Gasteiger partial charge in [0.1, 0.15) is 18.1 Å². The van der Waals surface area contributed by atoms with Crippen LogP contribution in [-0.2, 0) is 24.5 Å². The summed E-state index contributed by atoms with van der Waals surface area (Å²) in [4.78, 5) is 0. The summed E-state index contributed by atoms with van der Waals surface area (Å²) in [7, 11) is 1.90. The van der Waals surface area contributed by atoms with Crippen LogP contribution in [0.4, 0.5) is 0 Å². The van der Waals surface area contributed by atoms with Gasteiger partial charge in [-0.15, -0.1) is 0 Å². The molecule has 4 heteroatoms. The average molecular weight is 280 g/mol. The van der Waals surface area contributed by atoms with Gasteiger partial charge in [-0.25, -0.2) is 0 Å². The minimum atomic E-state index is 0.479. The summed E-state index contributed by atoms with van der Waals surface area (Å²) < 4.78 is 11.3. The van der Waals surface area contributed by atoms with Gasteiger partial charge in [-0.3, -0.25) is 0 Å². The fourth-order valence-electron chi connectivity index (χ4n) is 1.85. The zero-order chi connectivity index (χ0) is 13.7. The number of hydrogen-bond acceptors (Lipinski definition) is 3. The van der Waals surface area contributed by atoms with Crippen LogP contribution in [0.2, 0.25) is 5.02 Å². The molecule has 0 aliphatic carbocycles. The molecule has 1 N–H and O–H groups in total. The van der Waals surface area contributed by atoms with Crippen molar-refractivity contribution in [2.75, 3.05) is 7.05 Å². The van der Waals surface area contributed by atoms with Gasteiger partial charge in [0.15, 0.2) is 0 Å². The molecule has 0 atom stereocenters. The Hall–Kier alpha value is -1.29. The molecule has 1 aromatic heterocycles. The van der Waals surface area contributed by atoms with Crippen molar-refractivity contribution < 1.29 is 9.15 Å². The number of rotatable bonds is 6. The van der Waals surface area contributed by atoms with Crippen molar-refractivity contribution in [2.45, 2.75) is 26.7 Å². The molecular weight excluding hydrogens is 262 g/mol. The second kappa shape index (κ2) is 6.75. The van der Waals surface area contributed by atoms with Gasteiger partial charge in [0.05, 0.1) is 13.2 Å². The molecule has 102 valence electrons. The minimum absolute atomic E-state index is 0.479. The Morgan fingerprint density at radius 2 is 1.95 bits per heavy atom. The number of ether oxygens (including phenoxy) is 1. The monoisotopic (exact) mass is 279 g/mol. The van der Waals surface area contributed by atoms with E-state index in [1.54, 1.807) is 0 Å². The number of benzene rings is 1. The molecule has 0 saturated heterocycles. The molecule has 0 bridgehead atoms. The van der Waals surface area contributed by atoms with Crippen molar-refractivity contribution in [3.63, 3.8) is 0 Å². The lowest BCUT2D eigenvalue weighted by Gasteiger charge is -2.02. The summed E-state index contributed by atoms with van der Waals surface area (Å²) in [5.41, 5.74) is 2.25. The Morgan fingerprint density at radius 3 is 2.63 bits per heavy atom. The second-order valence-electron chi connectivity index (χ2n) is 4.47. The Bertz CT molecular complexity index is 519. The summed E-state index contributed by atoms with van der Waals surface area (Å²) in [6.45, 7) is 3.81. The molecule has 0 saturated carbocycles. The van der Waals surface area contributed by atoms with Crippen LogP contribution in [0.1, 0.15) is 22.6 Å². The molecule has 0 aliphatic heterocycles. The smallest absolute Gasteiger partial charge is 0.130 e. The SMILES string of the molecule is CNCc1oc(COCc2ccc(Cl)cc2)cc1C. The number of furan rings is 1. The third-order valence-electron chi connectivity index (χ3n) is 2.84. The summed E-state index contributed by atoms with van der Waals surface area (Å²) in [6, 6.07) is 9.67. The largest absolute Gasteiger partial charge is 0.462 e. The van der Waals surface area contributed by atoms with Crippen LogP contribution in [0.15, 0.2) is 34.7 Å². The average Bonchev–Trinajstić information content (AvgIpc) is 2.73. The summed E-state index contributed by atoms with van der Waals surface area (Å²) >= 11 is 5.83. The van der Waals surface area contributed by atoms with E-state index in [1.165, 1.54) is 0 Å². The second-order valence-corrected chi connectivity index (χ2v) is 4.90. The van der Waals surface area contributed by atoms with E-state index < -0.39 is 0 Å². The lowest BCUT2D eigenvalue weighted by molar-refractivity contribution is 0.0920. The maximum atomic E-state index is 5.83. The molecule has 2 aromatic rings. The molecule has 0 aliphatic rings. The van der Waals surface area contributed by atoms with E-state index >= 15 is 0 Å². The number of halogens is 1. The highest BCUT2D eigenvalue weighted by molar-refractivity contribution is 6.30. The van der Waals surface area contributed by atoms with Gasteiger partial charge >= 0.3 is 0 Å². The molecule has 1 heterocycles. The fraction of sp³-hybridized carbons (Fsp3) is 0.333. The van der Waals surface area contributed by atoms with Crippen LogP contribution in [0.5, 0.6) is 0 Å². The van der Waals surface area contributed by atoms with Gasteiger partial charge in [0, 0.05) is 5.02 Å². The summed E-state index contributed by atoms with van der Waals surface area (Å²) in [6.07, 6.45) is 0. The van der Waals surface area contributed by atoms with Gasteiger partial charge in [-0.2, -0.15) is 0 Å². The zero-order valence-corrected chi connectivity index (χ0v) is 12.0. The molecule has 0 spiro atoms. The highest BCUT2D eigenvalue weighted by Crippen LogP contribution is 2.16. The van der Waals surface area contributed by atoms with Gasteiger partial charge in [-0.1, -0.05) is 23.7 Å². The zero-order valence-electron chi connectivity index (χ0n) is 11.2. The third kappa shape index (κ3) is 4.10. The van der Waals surface area contributed by atoms with Crippen molar-refractivity contribution >= 4 is 11.6 Å². The first kappa shape index (κ1) is 14.1.